The van der Waals surface area contributed by atoms with Crippen molar-refractivity contribution in [1.82, 2.24) is 9.55 Å². The van der Waals surface area contributed by atoms with E-state index in [0.717, 1.165) is 43.4 Å². The molecule has 114 valence electrons. The second kappa shape index (κ2) is 6.53. The molecule has 0 aromatic carbocycles. The van der Waals surface area contributed by atoms with E-state index >= 15 is 0 Å². The molecule has 3 rings (SSSR count). The molecule has 0 amide bonds. The van der Waals surface area contributed by atoms with Crippen molar-refractivity contribution in [3.8, 4) is 12.3 Å². The van der Waals surface area contributed by atoms with Crippen molar-refractivity contribution in [2.75, 3.05) is 18.9 Å². The first-order valence-electron chi connectivity index (χ1n) is 8.18. The molecule has 1 aromatic rings. The number of imidazole rings is 1. The highest BCUT2D eigenvalue weighted by Crippen LogP contribution is 2.36. The van der Waals surface area contributed by atoms with Crippen molar-refractivity contribution < 1.29 is 4.74 Å². The smallest absolute Gasteiger partial charge is 0.128 e. The highest BCUT2D eigenvalue weighted by molar-refractivity contribution is 5.42. The quantitative estimate of drug-likeness (QED) is 0.869. The number of rotatable bonds is 3. The fourth-order valence-electron chi connectivity index (χ4n) is 3.69. The Bertz CT molecular complexity index is 517. The highest BCUT2D eigenvalue weighted by atomic mass is 16.5. The number of nitrogen functional groups attached to an aromatic ring is 1. The summed E-state index contributed by atoms with van der Waals surface area (Å²) in [4.78, 5) is 4.94. The Balaban J connectivity index is 1.92. The van der Waals surface area contributed by atoms with E-state index in [0.29, 0.717) is 18.4 Å². The van der Waals surface area contributed by atoms with E-state index in [1.54, 1.807) is 0 Å². The molecule has 0 radical (unpaired) electrons. The number of terminal acetylenes is 1. The largest absolute Gasteiger partial charge is 0.384 e. The molecule has 4 heteroatoms. The van der Waals surface area contributed by atoms with Crippen molar-refractivity contribution in [3.63, 3.8) is 0 Å². The number of anilines is 1. The number of ether oxygens (including phenoxy) is 1. The zero-order chi connectivity index (χ0) is 14.7. The van der Waals surface area contributed by atoms with Crippen LogP contribution in [0.2, 0.25) is 0 Å². The average Bonchev–Trinajstić information content (AvgIpc) is 2.87. The second-order valence-corrected chi connectivity index (χ2v) is 6.28. The molecule has 2 fully saturated rings. The van der Waals surface area contributed by atoms with Gasteiger partial charge in [-0.2, -0.15) is 0 Å². The van der Waals surface area contributed by atoms with Crippen LogP contribution in [0.5, 0.6) is 0 Å². The summed E-state index contributed by atoms with van der Waals surface area (Å²) in [6.07, 6.45) is 14.1. The van der Waals surface area contributed by atoms with Crippen LogP contribution in [0.15, 0.2) is 0 Å². The molecule has 1 unspecified atom stereocenters. The molecule has 4 nitrogen and oxygen atoms in total. The zero-order valence-corrected chi connectivity index (χ0v) is 12.7. The van der Waals surface area contributed by atoms with Crippen LogP contribution in [0.4, 0.5) is 5.82 Å². The molecule has 0 spiro atoms. The van der Waals surface area contributed by atoms with Crippen LogP contribution >= 0.6 is 0 Å². The molecule has 1 aromatic heterocycles. The number of nitrogens with two attached hydrogens (primary N) is 1. The summed E-state index contributed by atoms with van der Waals surface area (Å²) >= 11 is 0. The lowest BCUT2D eigenvalue weighted by atomic mass is 9.88. The molecule has 2 aliphatic rings. The summed E-state index contributed by atoms with van der Waals surface area (Å²) in [6.45, 7) is 2.12. The third-order valence-corrected chi connectivity index (χ3v) is 4.83. The van der Waals surface area contributed by atoms with Crippen LogP contribution in [-0.2, 0) is 11.3 Å². The number of aromatic nitrogens is 2. The van der Waals surface area contributed by atoms with Gasteiger partial charge in [0, 0.05) is 18.4 Å². The maximum Gasteiger partial charge on any atom is 0.128 e. The molecular formula is C17H25N3O. The van der Waals surface area contributed by atoms with Gasteiger partial charge < -0.3 is 15.0 Å². The van der Waals surface area contributed by atoms with Crippen LogP contribution in [0.3, 0.4) is 0 Å². The first kappa shape index (κ1) is 14.5. The van der Waals surface area contributed by atoms with Crippen molar-refractivity contribution in [2.45, 2.75) is 63.3 Å². The minimum absolute atomic E-state index is 0.333. The Kier molecular flexibility index (Phi) is 4.50. The summed E-state index contributed by atoms with van der Waals surface area (Å²) < 4.78 is 7.67. The van der Waals surface area contributed by atoms with Crippen LogP contribution in [0.25, 0.3) is 0 Å². The van der Waals surface area contributed by atoms with Gasteiger partial charge >= 0.3 is 0 Å². The van der Waals surface area contributed by atoms with Gasteiger partial charge in [-0.3, -0.25) is 0 Å². The van der Waals surface area contributed by atoms with E-state index in [2.05, 4.69) is 10.5 Å². The summed E-state index contributed by atoms with van der Waals surface area (Å²) in [6, 6.07) is 0. The van der Waals surface area contributed by atoms with E-state index in [1.807, 2.05) is 0 Å². The maximum absolute atomic E-state index is 6.38. The monoisotopic (exact) mass is 287 g/mol. The predicted octanol–water partition coefficient (Wildman–Crippen LogP) is 3.04. The molecule has 21 heavy (non-hydrogen) atoms. The van der Waals surface area contributed by atoms with Gasteiger partial charge in [-0.1, -0.05) is 25.2 Å². The van der Waals surface area contributed by atoms with Crippen molar-refractivity contribution in [1.29, 1.82) is 0 Å². The molecule has 1 saturated heterocycles. The van der Waals surface area contributed by atoms with Gasteiger partial charge in [0.05, 0.1) is 18.8 Å². The molecule has 0 bridgehead atoms. The molecule has 1 atom stereocenters. The van der Waals surface area contributed by atoms with Gasteiger partial charge in [0.25, 0.3) is 0 Å². The Morgan fingerprint density at radius 1 is 1.19 bits per heavy atom. The van der Waals surface area contributed by atoms with E-state index in [1.165, 1.54) is 32.1 Å². The van der Waals surface area contributed by atoms with E-state index in [-0.39, 0.29) is 0 Å². The van der Waals surface area contributed by atoms with Crippen molar-refractivity contribution >= 4 is 5.82 Å². The first-order chi connectivity index (χ1) is 10.3. The van der Waals surface area contributed by atoms with Gasteiger partial charge in [-0.25, -0.2) is 4.98 Å². The fraction of sp³-hybridized carbons (Fsp3) is 0.706. The average molecular weight is 287 g/mol. The molecule has 1 aliphatic heterocycles. The number of hydrogen-bond donors (Lipinski definition) is 1. The lowest BCUT2D eigenvalue weighted by Crippen LogP contribution is -2.17. The SMILES string of the molecule is C#CCn1c(C2CCCCC2)nc(C2CCCOC2)c1N. The Morgan fingerprint density at radius 3 is 2.62 bits per heavy atom. The van der Waals surface area contributed by atoms with Crippen molar-refractivity contribution in [3.05, 3.63) is 11.5 Å². The Hall–Kier alpha value is -1.47. The van der Waals surface area contributed by atoms with Crippen LogP contribution in [-0.4, -0.2) is 22.8 Å². The molecule has 2 heterocycles. The topological polar surface area (TPSA) is 53.1 Å². The van der Waals surface area contributed by atoms with E-state index in [4.69, 9.17) is 21.9 Å². The van der Waals surface area contributed by atoms with Gasteiger partial charge in [0.15, 0.2) is 0 Å². The summed E-state index contributed by atoms with van der Waals surface area (Å²) in [5.41, 5.74) is 7.40. The Labute approximate surface area is 127 Å². The number of nitrogens with zero attached hydrogens (tertiary/aromatic N) is 2. The summed E-state index contributed by atoms with van der Waals surface area (Å²) in [5.74, 6) is 5.47. The van der Waals surface area contributed by atoms with E-state index < -0.39 is 0 Å². The van der Waals surface area contributed by atoms with Crippen LogP contribution in [0, 0.1) is 12.3 Å². The Morgan fingerprint density at radius 2 is 1.95 bits per heavy atom. The fourth-order valence-corrected chi connectivity index (χ4v) is 3.69. The third kappa shape index (κ3) is 2.94. The number of hydrogen-bond acceptors (Lipinski definition) is 3. The third-order valence-electron chi connectivity index (χ3n) is 4.83. The molecular weight excluding hydrogens is 262 g/mol. The second-order valence-electron chi connectivity index (χ2n) is 6.28. The van der Waals surface area contributed by atoms with Gasteiger partial charge in [0.1, 0.15) is 11.6 Å². The van der Waals surface area contributed by atoms with Crippen molar-refractivity contribution in [2.24, 2.45) is 0 Å². The molecule has 2 N–H and O–H groups in total. The van der Waals surface area contributed by atoms with Crippen LogP contribution < -0.4 is 5.73 Å². The lowest BCUT2D eigenvalue weighted by Gasteiger charge is -2.21. The first-order valence-corrected chi connectivity index (χ1v) is 8.18. The minimum Gasteiger partial charge on any atom is -0.384 e. The van der Waals surface area contributed by atoms with Crippen LogP contribution in [0.1, 0.15) is 68.3 Å². The molecule has 1 saturated carbocycles. The predicted molar refractivity (Wildman–Crippen MR) is 84.1 cm³/mol. The standard InChI is InChI=1S/C17H25N3O/c1-2-10-20-16(18)15(14-9-6-11-21-12-14)19-17(20)13-7-4-3-5-8-13/h1,13-14H,3-12,18H2. The highest BCUT2D eigenvalue weighted by Gasteiger charge is 2.28. The van der Waals surface area contributed by atoms with Gasteiger partial charge in [-0.05, 0) is 25.7 Å². The summed E-state index contributed by atoms with van der Waals surface area (Å²) in [5, 5.41) is 0. The maximum atomic E-state index is 6.38. The minimum atomic E-state index is 0.333. The van der Waals surface area contributed by atoms with Gasteiger partial charge in [-0.15, -0.1) is 6.42 Å². The normalized spacial score (nSPS) is 23.9. The lowest BCUT2D eigenvalue weighted by molar-refractivity contribution is 0.0795. The van der Waals surface area contributed by atoms with Gasteiger partial charge in [0.2, 0.25) is 0 Å². The zero-order valence-electron chi connectivity index (χ0n) is 12.7. The molecule has 1 aliphatic carbocycles. The summed E-state index contributed by atoms with van der Waals surface area (Å²) in [7, 11) is 0. The van der Waals surface area contributed by atoms with E-state index in [9.17, 15) is 0 Å².